The Morgan fingerprint density at radius 1 is 1.50 bits per heavy atom. The van der Waals surface area contributed by atoms with Gasteiger partial charge in [-0.25, -0.2) is 0 Å². The standard InChI is InChI=1S/C10H16N2O2/c1-11(8-9-13)10(14)4-2-5-12-6-3-7-12/h2,4,9H,3,5-8H2,1H3/b4-2+. The first kappa shape index (κ1) is 10.9. The van der Waals surface area contributed by atoms with Crippen LogP contribution in [0.3, 0.4) is 0 Å². The molecule has 0 saturated carbocycles. The molecule has 1 heterocycles. The zero-order valence-corrected chi connectivity index (χ0v) is 8.48. The average molecular weight is 196 g/mol. The predicted octanol–water partition coefficient (Wildman–Crippen LogP) is -0.0944. The second-order valence-electron chi connectivity index (χ2n) is 3.44. The molecule has 1 aliphatic heterocycles. The SMILES string of the molecule is CN(CC=O)C(=O)/C=C/CN1CCC1. The first-order chi connectivity index (χ1) is 6.74. The van der Waals surface area contributed by atoms with Crippen LogP contribution in [0.4, 0.5) is 0 Å². The van der Waals surface area contributed by atoms with Gasteiger partial charge in [-0.05, 0) is 19.5 Å². The van der Waals surface area contributed by atoms with Crippen LogP contribution in [0, 0.1) is 0 Å². The van der Waals surface area contributed by atoms with Gasteiger partial charge in [0.2, 0.25) is 5.91 Å². The van der Waals surface area contributed by atoms with E-state index in [2.05, 4.69) is 4.90 Å². The molecule has 14 heavy (non-hydrogen) atoms. The lowest BCUT2D eigenvalue weighted by molar-refractivity contribution is -0.127. The number of likely N-dealkylation sites (N-methyl/N-ethyl adjacent to an activating group) is 1. The molecule has 0 aromatic rings. The Morgan fingerprint density at radius 2 is 2.21 bits per heavy atom. The second kappa shape index (κ2) is 5.54. The fourth-order valence-electron chi connectivity index (χ4n) is 1.20. The van der Waals surface area contributed by atoms with E-state index >= 15 is 0 Å². The van der Waals surface area contributed by atoms with Crippen molar-refractivity contribution in [2.24, 2.45) is 0 Å². The third kappa shape index (κ3) is 3.30. The molecule has 0 bridgehead atoms. The molecule has 1 rings (SSSR count). The van der Waals surface area contributed by atoms with Crippen molar-refractivity contribution < 1.29 is 9.59 Å². The van der Waals surface area contributed by atoms with Crippen molar-refractivity contribution in [1.29, 1.82) is 0 Å². The molecule has 4 heteroatoms. The predicted molar refractivity (Wildman–Crippen MR) is 53.9 cm³/mol. The lowest BCUT2D eigenvalue weighted by Gasteiger charge is -2.29. The summed E-state index contributed by atoms with van der Waals surface area (Å²) in [5.41, 5.74) is 0. The van der Waals surface area contributed by atoms with Gasteiger partial charge in [0.05, 0.1) is 6.54 Å². The molecule has 1 fully saturated rings. The number of amides is 1. The van der Waals surface area contributed by atoms with E-state index in [9.17, 15) is 9.59 Å². The molecule has 0 atom stereocenters. The average Bonchev–Trinajstić information content (AvgIpc) is 2.09. The Hall–Kier alpha value is -1.16. The van der Waals surface area contributed by atoms with Crippen LogP contribution in [0.1, 0.15) is 6.42 Å². The highest BCUT2D eigenvalue weighted by Crippen LogP contribution is 2.04. The molecule has 0 aromatic carbocycles. The lowest BCUT2D eigenvalue weighted by Crippen LogP contribution is -2.37. The van der Waals surface area contributed by atoms with Gasteiger partial charge in [-0.15, -0.1) is 0 Å². The molecule has 0 N–H and O–H groups in total. The van der Waals surface area contributed by atoms with Crippen molar-refractivity contribution in [3.8, 4) is 0 Å². The molecular weight excluding hydrogens is 180 g/mol. The highest BCUT2D eigenvalue weighted by molar-refractivity contribution is 5.88. The Morgan fingerprint density at radius 3 is 2.71 bits per heavy atom. The van der Waals surface area contributed by atoms with E-state index in [0.717, 1.165) is 25.9 Å². The summed E-state index contributed by atoms with van der Waals surface area (Å²) in [6.07, 6.45) is 5.36. The van der Waals surface area contributed by atoms with Gasteiger partial charge in [0.25, 0.3) is 0 Å². The first-order valence-corrected chi connectivity index (χ1v) is 4.81. The number of likely N-dealkylation sites (tertiary alicyclic amines) is 1. The van der Waals surface area contributed by atoms with Crippen LogP contribution in [0.5, 0.6) is 0 Å². The minimum Gasteiger partial charge on any atom is -0.335 e. The van der Waals surface area contributed by atoms with E-state index in [4.69, 9.17) is 0 Å². The van der Waals surface area contributed by atoms with Crippen LogP contribution in [-0.4, -0.2) is 55.2 Å². The minimum atomic E-state index is -0.113. The fourth-order valence-corrected chi connectivity index (χ4v) is 1.20. The van der Waals surface area contributed by atoms with E-state index in [-0.39, 0.29) is 12.5 Å². The quantitative estimate of drug-likeness (QED) is 0.455. The van der Waals surface area contributed by atoms with E-state index in [0.29, 0.717) is 0 Å². The molecule has 0 spiro atoms. The summed E-state index contributed by atoms with van der Waals surface area (Å²) in [6, 6.07) is 0. The highest BCUT2D eigenvalue weighted by Gasteiger charge is 2.11. The number of aldehydes is 1. The van der Waals surface area contributed by atoms with E-state index in [1.807, 2.05) is 6.08 Å². The third-order valence-corrected chi connectivity index (χ3v) is 2.30. The fraction of sp³-hybridized carbons (Fsp3) is 0.600. The Kier molecular flexibility index (Phi) is 4.32. The summed E-state index contributed by atoms with van der Waals surface area (Å²) in [4.78, 5) is 25.1. The maximum Gasteiger partial charge on any atom is 0.246 e. The van der Waals surface area contributed by atoms with Gasteiger partial charge in [0.1, 0.15) is 6.29 Å². The van der Waals surface area contributed by atoms with Gasteiger partial charge in [-0.2, -0.15) is 0 Å². The lowest BCUT2D eigenvalue weighted by atomic mass is 10.2. The maximum atomic E-state index is 11.3. The van der Waals surface area contributed by atoms with Crippen molar-refractivity contribution in [2.75, 3.05) is 33.2 Å². The number of nitrogens with zero attached hydrogens (tertiary/aromatic N) is 2. The normalized spacial score (nSPS) is 16.6. The van der Waals surface area contributed by atoms with Gasteiger partial charge in [0, 0.05) is 19.7 Å². The molecule has 1 amide bonds. The number of hydrogen-bond donors (Lipinski definition) is 0. The zero-order valence-electron chi connectivity index (χ0n) is 8.48. The number of hydrogen-bond acceptors (Lipinski definition) is 3. The van der Waals surface area contributed by atoms with E-state index < -0.39 is 0 Å². The van der Waals surface area contributed by atoms with Crippen molar-refractivity contribution in [2.45, 2.75) is 6.42 Å². The molecule has 4 nitrogen and oxygen atoms in total. The number of rotatable bonds is 5. The van der Waals surface area contributed by atoms with Gasteiger partial charge in [0.15, 0.2) is 0 Å². The maximum absolute atomic E-state index is 11.3. The molecule has 0 aromatic heterocycles. The Labute approximate surface area is 84.2 Å². The molecular formula is C10H16N2O2. The van der Waals surface area contributed by atoms with Crippen molar-refractivity contribution in [3.63, 3.8) is 0 Å². The topological polar surface area (TPSA) is 40.6 Å². The number of carbonyl (C=O) groups is 2. The smallest absolute Gasteiger partial charge is 0.246 e. The monoisotopic (exact) mass is 196 g/mol. The van der Waals surface area contributed by atoms with Gasteiger partial charge >= 0.3 is 0 Å². The van der Waals surface area contributed by atoms with Crippen LogP contribution in [0.15, 0.2) is 12.2 Å². The van der Waals surface area contributed by atoms with E-state index in [1.54, 1.807) is 7.05 Å². The second-order valence-corrected chi connectivity index (χ2v) is 3.44. The van der Waals surface area contributed by atoms with Crippen LogP contribution < -0.4 is 0 Å². The van der Waals surface area contributed by atoms with Crippen molar-refractivity contribution in [1.82, 2.24) is 9.80 Å². The third-order valence-electron chi connectivity index (χ3n) is 2.30. The summed E-state index contributed by atoms with van der Waals surface area (Å²) in [6.45, 7) is 3.25. The summed E-state index contributed by atoms with van der Waals surface area (Å²) in [7, 11) is 1.62. The van der Waals surface area contributed by atoms with Crippen LogP contribution in [0.2, 0.25) is 0 Å². The van der Waals surface area contributed by atoms with Gasteiger partial charge in [-0.1, -0.05) is 6.08 Å². The Balaban J connectivity index is 2.20. The molecule has 0 radical (unpaired) electrons. The Bertz CT molecular complexity index is 234. The van der Waals surface area contributed by atoms with Crippen molar-refractivity contribution >= 4 is 12.2 Å². The van der Waals surface area contributed by atoms with Gasteiger partial charge < -0.3 is 9.69 Å². The van der Waals surface area contributed by atoms with Crippen LogP contribution in [0.25, 0.3) is 0 Å². The molecule has 0 aliphatic carbocycles. The highest BCUT2D eigenvalue weighted by atomic mass is 16.2. The van der Waals surface area contributed by atoms with Crippen molar-refractivity contribution in [3.05, 3.63) is 12.2 Å². The van der Waals surface area contributed by atoms with E-state index in [1.165, 1.54) is 17.4 Å². The largest absolute Gasteiger partial charge is 0.335 e. The molecule has 1 saturated heterocycles. The summed E-state index contributed by atoms with van der Waals surface area (Å²) in [5, 5.41) is 0. The zero-order chi connectivity index (χ0) is 10.4. The summed E-state index contributed by atoms with van der Waals surface area (Å²) < 4.78 is 0. The van der Waals surface area contributed by atoms with Gasteiger partial charge in [-0.3, -0.25) is 9.69 Å². The van der Waals surface area contributed by atoms with Crippen LogP contribution in [-0.2, 0) is 9.59 Å². The summed E-state index contributed by atoms with van der Waals surface area (Å²) in [5.74, 6) is -0.113. The van der Waals surface area contributed by atoms with Crippen LogP contribution >= 0.6 is 0 Å². The summed E-state index contributed by atoms with van der Waals surface area (Å²) >= 11 is 0. The molecule has 0 unspecified atom stereocenters. The molecule has 1 aliphatic rings. The number of carbonyl (C=O) groups excluding carboxylic acids is 2. The first-order valence-electron chi connectivity index (χ1n) is 4.81. The molecule has 78 valence electrons. The minimum absolute atomic E-state index is 0.113.